The molecular formula is C18H19N5O3S3. The smallest absolute Gasteiger partial charge is 0.321 e. The summed E-state index contributed by atoms with van der Waals surface area (Å²) in [5.41, 5.74) is 0.794. The standard InChI is InChI=1S/C18H19N5O3S3/c1-2-26-14-8-4-3-7-13(14)20-17-22-23-18(29-17)28-11-15(24)21-16(25)19-10-12-6-5-9-27-12/h3-9H,2,10-11H2,1H3,(H,20,22)(H2,19,21,24,25). The predicted octanol–water partition coefficient (Wildman–Crippen LogP) is 3.86. The average molecular weight is 450 g/mol. The Morgan fingerprint density at radius 3 is 2.83 bits per heavy atom. The van der Waals surface area contributed by atoms with Crippen molar-refractivity contribution in [1.82, 2.24) is 20.8 Å². The largest absolute Gasteiger partial charge is 0.492 e. The molecule has 8 nitrogen and oxygen atoms in total. The SMILES string of the molecule is CCOc1ccccc1Nc1nnc(SCC(=O)NC(=O)NCc2cccs2)s1. The van der Waals surface area contributed by atoms with Crippen molar-refractivity contribution >= 4 is 57.2 Å². The first-order chi connectivity index (χ1) is 14.1. The number of carbonyl (C=O) groups excluding carboxylic acids is 2. The van der Waals surface area contributed by atoms with E-state index in [0.717, 1.165) is 16.3 Å². The molecule has 152 valence electrons. The molecule has 2 aromatic heterocycles. The minimum absolute atomic E-state index is 0.0661. The van der Waals surface area contributed by atoms with E-state index in [2.05, 4.69) is 26.1 Å². The van der Waals surface area contributed by atoms with Crippen molar-refractivity contribution in [1.29, 1.82) is 0 Å². The molecule has 0 atom stereocenters. The Balaban J connectivity index is 1.44. The molecule has 11 heteroatoms. The number of hydrogen-bond acceptors (Lipinski definition) is 9. The quantitative estimate of drug-likeness (QED) is 0.426. The highest BCUT2D eigenvalue weighted by molar-refractivity contribution is 8.01. The predicted molar refractivity (Wildman–Crippen MR) is 116 cm³/mol. The number of thioether (sulfide) groups is 1. The number of thiophene rings is 1. The molecule has 0 aliphatic carbocycles. The van der Waals surface area contributed by atoms with Crippen LogP contribution < -0.4 is 20.7 Å². The maximum atomic E-state index is 11.9. The number of nitrogens with one attached hydrogen (secondary N) is 3. The number of nitrogens with zero attached hydrogens (tertiary/aromatic N) is 2. The number of carbonyl (C=O) groups is 2. The van der Waals surface area contributed by atoms with Crippen LogP contribution in [-0.2, 0) is 11.3 Å². The monoisotopic (exact) mass is 449 g/mol. The summed E-state index contributed by atoms with van der Waals surface area (Å²) in [7, 11) is 0. The molecular weight excluding hydrogens is 430 g/mol. The summed E-state index contributed by atoms with van der Waals surface area (Å²) < 4.78 is 6.19. The number of aromatic nitrogens is 2. The van der Waals surface area contributed by atoms with Crippen LogP contribution in [-0.4, -0.2) is 34.5 Å². The summed E-state index contributed by atoms with van der Waals surface area (Å²) in [4.78, 5) is 24.7. The third-order valence-electron chi connectivity index (χ3n) is 3.42. The highest BCUT2D eigenvalue weighted by Gasteiger charge is 2.12. The molecule has 0 fully saturated rings. The van der Waals surface area contributed by atoms with Gasteiger partial charge in [0.05, 0.1) is 24.6 Å². The molecule has 0 bridgehead atoms. The summed E-state index contributed by atoms with van der Waals surface area (Å²) in [6.07, 6.45) is 0. The fourth-order valence-electron chi connectivity index (χ4n) is 2.20. The molecule has 0 aliphatic rings. The number of amides is 3. The summed E-state index contributed by atoms with van der Waals surface area (Å²) in [5.74, 6) is 0.397. The molecule has 0 saturated carbocycles. The third kappa shape index (κ3) is 6.73. The third-order valence-corrected chi connectivity index (χ3v) is 6.27. The number of imide groups is 1. The minimum Gasteiger partial charge on any atom is -0.492 e. The van der Waals surface area contributed by atoms with E-state index in [4.69, 9.17) is 4.74 Å². The maximum absolute atomic E-state index is 11.9. The Hall–Kier alpha value is -2.63. The highest BCUT2D eigenvalue weighted by Crippen LogP contribution is 2.31. The van der Waals surface area contributed by atoms with Crippen molar-refractivity contribution in [2.75, 3.05) is 17.7 Å². The number of ether oxygens (including phenoxy) is 1. The van der Waals surface area contributed by atoms with Crippen LogP contribution in [0.15, 0.2) is 46.1 Å². The zero-order valence-corrected chi connectivity index (χ0v) is 18.0. The summed E-state index contributed by atoms with van der Waals surface area (Å²) in [5, 5.41) is 18.8. The number of urea groups is 1. The normalized spacial score (nSPS) is 10.4. The molecule has 3 rings (SSSR count). The number of anilines is 2. The van der Waals surface area contributed by atoms with Crippen LogP contribution in [0.4, 0.5) is 15.6 Å². The van der Waals surface area contributed by atoms with Crippen LogP contribution in [0.1, 0.15) is 11.8 Å². The zero-order chi connectivity index (χ0) is 20.5. The second-order valence-electron chi connectivity index (χ2n) is 5.53. The second-order valence-corrected chi connectivity index (χ2v) is 8.76. The van der Waals surface area contributed by atoms with Gasteiger partial charge in [0.2, 0.25) is 11.0 Å². The van der Waals surface area contributed by atoms with Crippen LogP contribution in [0.2, 0.25) is 0 Å². The van der Waals surface area contributed by atoms with Gasteiger partial charge in [-0.2, -0.15) is 0 Å². The van der Waals surface area contributed by atoms with E-state index in [-0.39, 0.29) is 5.75 Å². The molecule has 0 aliphatic heterocycles. The van der Waals surface area contributed by atoms with Gasteiger partial charge >= 0.3 is 6.03 Å². The molecule has 3 N–H and O–H groups in total. The summed E-state index contributed by atoms with van der Waals surface area (Å²) >= 11 is 4.07. The lowest BCUT2D eigenvalue weighted by Gasteiger charge is -2.09. The van der Waals surface area contributed by atoms with Crippen LogP contribution in [0, 0.1) is 0 Å². The van der Waals surface area contributed by atoms with E-state index in [1.807, 2.05) is 48.7 Å². The first-order valence-corrected chi connectivity index (χ1v) is 11.4. The molecule has 0 spiro atoms. The van der Waals surface area contributed by atoms with Crippen molar-refractivity contribution in [2.45, 2.75) is 17.8 Å². The van der Waals surface area contributed by atoms with Gasteiger partial charge in [0.25, 0.3) is 0 Å². The average Bonchev–Trinajstić information content (AvgIpc) is 3.38. The van der Waals surface area contributed by atoms with Gasteiger partial charge in [-0.05, 0) is 30.5 Å². The molecule has 2 heterocycles. The van der Waals surface area contributed by atoms with Crippen LogP contribution >= 0.6 is 34.4 Å². The van der Waals surface area contributed by atoms with Crippen molar-refractivity contribution < 1.29 is 14.3 Å². The van der Waals surface area contributed by atoms with Gasteiger partial charge < -0.3 is 15.4 Å². The van der Waals surface area contributed by atoms with Crippen molar-refractivity contribution in [3.63, 3.8) is 0 Å². The van der Waals surface area contributed by atoms with E-state index in [1.165, 1.54) is 34.4 Å². The molecule has 29 heavy (non-hydrogen) atoms. The first-order valence-electron chi connectivity index (χ1n) is 8.69. The molecule has 3 aromatic rings. The number of rotatable bonds is 9. The van der Waals surface area contributed by atoms with E-state index in [9.17, 15) is 9.59 Å². The number of para-hydroxylation sites is 2. The topological polar surface area (TPSA) is 105 Å². The zero-order valence-electron chi connectivity index (χ0n) is 15.5. The summed E-state index contributed by atoms with van der Waals surface area (Å²) in [6.45, 7) is 2.87. The number of hydrogen-bond donors (Lipinski definition) is 3. The second kappa shape index (κ2) is 10.8. The van der Waals surface area contributed by atoms with Crippen LogP contribution in [0.3, 0.4) is 0 Å². The maximum Gasteiger partial charge on any atom is 0.321 e. The molecule has 3 amide bonds. The van der Waals surface area contributed by atoms with Gasteiger partial charge in [0.15, 0.2) is 4.34 Å². The van der Waals surface area contributed by atoms with Crippen LogP contribution in [0.25, 0.3) is 0 Å². The van der Waals surface area contributed by atoms with Gasteiger partial charge in [-0.25, -0.2) is 4.79 Å². The van der Waals surface area contributed by atoms with E-state index >= 15 is 0 Å². The first kappa shape index (κ1) is 21.1. The van der Waals surface area contributed by atoms with Gasteiger partial charge in [-0.15, -0.1) is 21.5 Å². The Labute approximate surface area is 180 Å². The highest BCUT2D eigenvalue weighted by atomic mass is 32.2. The van der Waals surface area contributed by atoms with Crippen LogP contribution in [0.5, 0.6) is 5.75 Å². The summed E-state index contributed by atoms with van der Waals surface area (Å²) in [6, 6.07) is 10.9. The van der Waals surface area contributed by atoms with Crippen molar-refractivity contribution in [3.8, 4) is 5.75 Å². The molecule has 1 aromatic carbocycles. The fraction of sp³-hybridized carbons (Fsp3) is 0.222. The van der Waals surface area contributed by atoms with Gasteiger partial charge in [0.1, 0.15) is 5.75 Å². The van der Waals surface area contributed by atoms with E-state index in [0.29, 0.717) is 22.6 Å². The van der Waals surface area contributed by atoms with Gasteiger partial charge in [-0.3, -0.25) is 10.1 Å². The Morgan fingerprint density at radius 1 is 1.17 bits per heavy atom. The molecule has 0 radical (unpaired) electrons. The van der Waals surface area contributed by atoms with Crippen molar-refractivity contribution in [2.24, 2.45) is 0 Å². The number of benzene rings is 1. The molecule has 0 saturated heterocycles. The Bertz CT molecular complexity index is 946. The fourth-order valence-corrected chi connectivity index (χ4v) is 4.41. The van der Waals surface area contributed by atoms with Gasteiger partial charge in [-0.1, -0.05) is 41.3 Å². The lowest BCUT2D eigenvalue weighted by atomic mass is 10.3. The Kier molecular flexibility index (Phi) is 7.85. The van der Waals surface area contributed by atoms with E-state index in [1.54, 1.807) is 0 Å². The molecule has 0 unspecified atom stereocenters. The van der Waals surface area contributed by atoms with Crippen molar-refractivity contribution in [3.05, 3.63) is 46.7 Å². The lowest BCUT2D eigenvalue weighted by Crippen LogP contribution is -2.39. The Morgan fingerprint density at radius 2 is 2.03 bits per heavy atom. The lowest BCUT2D eigenvalue weighted by molar-refractivity contribution is -0.117. The van der Waals surface area contributed by atoms with E-state index < -0.39 is 11.9 Å². The van der Waals surface area contributed by atoms with Gasteiger partial charge in [0, 0.05) is 4.88 Å². The minimum atomic E-state index is -0.517.